The van der Waals surface area contributed by atoms with E-state index in [2.05, 4.69) is 29.2 Å². The minimum absolute atomic E-state index is 0.135. The Bertz CT molecular complexity index is 592. The van der Waals surface area contributed by atoms with Crippen molar-refractivity contribution in [2.75, 3.05) is 13.7 Å². The Morgan fingerprint density at radius 2 is 2.09 bits per heavy atom. The number of rotatable bonds is 5. The molecule has 3 heterocycles. The summed E-state index contributed by atoms with van der Waals surface area (Å²) in [5, 5.41) is 4.00. The van der Waals surface area contributed by atoms with Crippen LogP contribution in [-0.2, 0) is 17.8 Å². The van der Waals surface area contributed by atoms with Gasteiger partial charge in [0, 0.05) is 18.7 Å². The summed E-state index contributed by atoms with van der Waals surface area (Å²) in [6, 6.07) is 4.10. The van der Waals surface area contributed by atoms with Gasteiger partial charge in [-0.1, -0.05) is 5.16 Å². The maximum absolute atomic E-state index is 5.97. The van der Waals surface area contributed by atoms with Gasteiger partial charge in [-0.05, 0) is 52.3 Å². The van der Waals surface area contributed by atoms with Crippen molar-refractivity contribution in [3.63, 3.8) is 0 Å². The van der Waals surface area contributed by atoms with Crippen molar-refractivity contribution >= 4 is 0 Å². The van der Waals surface area contributed by atoms with Crippen molar-refractivity contribution in [3.05, 3.63) is 40.7 Å². The number of aryl methyl sites for hydroxylation is 2. The third-order valence-corrected chi connectivity index (χ3v) is 4.21. The molecule has 3 rings (SSSR count). The third kappa shape index (κ3) is 3.42. The molecule has 0 amide bonds. The molecule has 0 bridgehead atoms. The summed E-state index contributed by atoms with van der Waals surface area (Å²) in [7, 11) is 2.07. The molecule has 0 aliphatic carbocycles. The largest absolute Gasteiger partial charge is 0.462 e. The second-order valence-electron chi connectivity index (χ2n) is 6.13. The molecule has 0 radical (unpaired) electrons. The van der Waals surface area contributed by atoms with E-state index < -0.39 is 0 Å². The molecule has 2 aromatic heterocycles. The number of aromatic nitrogens is 1. The first-order valence-electron chi connectivity index (χ1n) is 7.94. The molecular weight excluding hydrogens is 280 g/mol. The Labute approximate surface area is 131 Å². The molecule has 22 heavy (non-hydrogen) atoms. The molecule has 1 fully saturated rings. The van der Waals surface area contributed by atoms with E-state index in [1.165, 1.54) is 6.42 Å². The van der Waals surface area contributed by atoms with Gasteiger partial charge in [0.25, 0.3) is 0 Å². The Morgan fingerprint density at radius 3 is 2.77 bits per heavy atom. The molecule has 5 heteroatoms. The minimum atomic E-state index is 0.135. The van der Waals surface area contributed by atoms with Gasteiger partial charge in [0.2, 0.25) is 0 Å². The van der Waals surface area contributed by atoms with Crippen LogP contribution in [0.15, 0.2) is 21.1 Å². The minimum Gasteiger partial charge on any atom is -0.462 e. The summed E-state index contributed by atoms with van der Waals surface area (Å²) < 4.78 is 17.0. The van der Waals surface area contributed by atoms with Gasteiger partial charge in [0.15, 0.2) is 0 Å². The van der Waals surface area contributed by atoms with E-state index in [4.69, 9.17) is 13.7 Å². The fraction of sp³-hybridized carbons (Fsp3) is 0.588. The molecule has 120 valence electrons. The maximum Gasteiger partial charge on any atom is 0.138 e. The summed E-state index contributed by atoms with van der Waals surface area (Å²) >= 11 is 0. The maximum atomic E-state index is 5.97. The summed E-state index contributed by atoms with van der Waals surface area (Å²) in [6.45, 7) is 6.33. The predicted molar refractivity (Wildman–Crippen MR) is 82.4 cm³/mol. The third-order valence-electron chi connectivity index (χ3n) is 4.21. The highest BCUT2D eigenvalue weighted by Gasteiger charge is 2.20. The SMILES string of the molecule is Cc1noc(C)c1CN(C)Cc1ccc([C@H]2CCCCO2)o1. The lowest BCUT2D eigenvalue weighted by molar-refractivity contribution is 0.000906. The number of nitrogens with zero attached hydrogens (tertiary/aromatic N) is 2. The van der Waals surface area contributed by atoms with E-state index in [1.54, 1.807) is 0 Å². The monoisotopic (exact) mass is 304 g/mol. The molecule has 2 aromatic rings. The van der Waals surface area contributed by atoms with E-state index in [9.17, 15) is 0 Å². The highest BCUT2D eigenvalue weighted by Crippen LogP contribution is 2.29. The van der Waals surface area contributed by atoms with Gasteiger partial charge >= 0.3 is 0 Å². The Hall–Kier alpha value is -1.59. The Morgan fingerprint density at radius 1 is 1.23 bits per heavy atom. The highest BCUT2D eigenvalue weighted by molar-refractivity contribution is 5.20. The number of hydrogen-bond donors (Lipinski definition) is 0. The molecule has 0 N–H and O–H groups in total. The van der Waals surface area contributed by atoms with Gasteiger partial charge in [-0.25, -0.2) is 0 Å². The topological polar surface area (TPSA) is 51.6 Å². The number of furan rings is 1. The normalized spacial score (nSPS) is 19.0. The van der Waals surface area contributed by atoms with Crippen LogP contribution in [0.25, 0.3) is 0 Å². The zero-order valence-corrected chi connectivity index (χ0v) is 13.6. The van der Waals surface area contributed by atoms with E-state index in [0.29, 0.717) is 0 Å². The Balaban J connectivity index is 1.60. The quantitative estimate of drug-likeness (QED) is 0.842. The molecule has 0 aromatic carbocycles. The second kappa shape index (κ2) is 6.67. The van der Waals surface area contributed by atoms with Crippen molar-refractivity contribution < 1.29 is 13.7 Å². The lowest BCUT2D eigenvalue weighted by Gasteiger charge is -2.20. The van der Waals surface area contributed by atoms with Crippen molar-refractivity contribution in [3.8, 4) is 0 Å². The fourth-order valence-corrected chi connectivity index (χ4v) is 2.94. The lowest BCUT2D eigenvalue weighted by atomic mass is 10.1. The van der Waals surface area contributed by atoms with Crippen LogP contribution in [0.2, 0.25) is 0 Å². The molecule has 1 aliphatic rings. The first-order valence-corrected chi connectivity index (χ1v) is 7.94. The van der Waals surface area contributed by atoms with E-state index >= 15 is 0 Å². The summed E-state index contributed by atoms with van der Waals surface area (Å²) in [6.07, 6.45) is 3.56. The molecule has 1 aliphatic heterocycles. The molecule has 0 spiro atoms. The zero-order valence-electron chi connectivity index (χ0n) is 13.6. The van der Waals surface area contributed by atoms with Crippen LogP contribution in [-0.4, -0.2) is 23.7 Å². The van der Waals surface area contributed by atoms with Crippen molar-refractivity contribution in [1.82, 2.24) is 10.1 Å². The fourth-order valence-electron chi connectivity index (χ4n) is 2.94. The standard InChI is InChI=1S/C17H24N2O3/c1-12-15(13(2)22-18-12)11-19(3)10-14-7-8-17(21-14)16-6-4-5-9-20-16/h7-8,16H,4-6,9-11H2,1-3H3/t16-/m1/s1. The molecule has 0 unspecified atom stereocenters. The van der Waals surface area contributed by atoms with Crippen molar-refractivity contribution in [1.29, 1.82) is 0 Å². The lowest BCUT2D eigenvalue weighted by Crippen LogP contribution is -2.17. The van der Waals surface area contributed by atoms with Crippen molar-refractivity contribution in [2.45, 2.75) is 52.3 Å². The smallest absolute Gasteiger partial charge is 0.138 e. The summed E-state index contributed by atoms with van der Waals surface area (Å²) in [4.78, 5) is 2.21. The van der Waals surface area contributed by atoms with Gasteiger partial charge < -0.3 is 13.7 Å². The van der Waals surface area contributed by atoms with E-state index in [1.807, 2.05) is 13.8 Å². The van der Waals surface area contributed by atoms with Gasteiger partial charge in [-0.15, -0.1) is 0 Å². The Kier molecular flexibility index (Phi) is 4.64. The van der Waals surface area contributed by atoms with Crippen LogP contribution < -0.4 is 0 Å². The van der Waals surface area contributed by atoms with Crippen molar-refractivity contribution in [2.24, 2.45) is 0 Å². The van der Waals surface area contributed by atoms with E-state index in [0.717, 1.165) is 61.1 Å². The molecular formula is C17H24N2O3. The zero-order chi connectivity index (χ0) is 15.5. The number of hydrogen-bond acceptors (Lipinski definition) is 5. The first kappa shape index (κ1) is 15.3. The van der Waals surface area contributed by atoms with Crippen LogP contribution >= 0.6 is 0 Å². The first-order chi connectivity index (χ1) is 10.6. The number of ether oxygens (including phenoxy) is 1. The van der Waals surface area contributed by atoms with Crippen LogP contribution in [0.1, 0.15) is 53.9 Å². The van der Waals surface area contributed by atoms with Crippen LogP contribution in [0.5, 0.6) is 0 Å². The van der Waals surface area contributed by atoms with Crippen LogP contribution in [0, 0.1) is 13.8 Å². The van der Waals surface area contributed by atoms with Gasteiger partial charge in [0.1, 0.15) is 23.4 Å². The molecule has 0 saturated carbocycles. The molecule has 1 atom stereocenters. The summed E-state index contributed by atoms with van der Waals surface area (Å²) in [5.74, 6) is 2.82. The van der Waals surface area contributed by atoms with E-state index in [-0.39, 0.29) is 6.10 Å². The average molecular weight is 304 g/mol. The van der Waals surface area contributed by atoms with Crippen LogP contribution in [0.3, 0.4) is 0 Å². The predicted octanol–water partition coefficient (Wildman–Crippen LogP) is 3.76. The highest BCUT2D eigenvalue weighted by atomic mass is 16.5. The van der Waals surface area contributed by atoms with Gasteiger partial charge in [-0.3, -0.25) is 4.90 Å². The second-order valence-corrected chi connectivity index (χ2v) is 6.13. The van der Waals surface area contributed by atoms with Crippen LogP contribution in [0.4, 0.5) is 0 Å². The molecule has 1 saturated heterocycles. The van der Waals surface area contributed by atoms with Gasteiger partial charge in [0.05, 0.1) is 12.2 Å². The average Bonchev–Trinajstić information content (AvgIpc) is 3.10. The summed E-state index contributed by atoms with van der Waals surface area (Å²) in [5.41, 5.74) is 2.12. The molecule has 5 nitrogen and oxygen atoms in total. The van der Waals surface area contributed by atoms with Gasteiger partial charge in [-0.2, -0.15) is 0 Å².